The van der Waals surface area contributed by atoms with E-state index >= 15 is 0 Å². The van der Waals surface area contributed by atoms with Crippen LogP contribution in [0.3, 0.4) is 0 Å². The summed E-state index contributed by atoms with van der Waals surface area (Å²) in [6.45, 7) is 4.95. The van der Waals surface area contributed by atoms with Gasteiger partial charge in [0.1, 0.15) is 11.3 Å². The van der Waals surface area contributed by atoms with Crippen molar-refractivity contribution in [1.82, 2.24) is 4.90 Å². The Morgan fingerprint density at radius 3 is 2.62 bits per heavy atom. The van der Waals surface area contributed by atoms with Crippen LogP contribution in [0.15, 0.2) is 52.3 Å². The number of amides is 2. The van der Waals surface area contributed by atoms with Crippen molar-refractivity contribution in [2.45, 2.75) is 13.8 Å². The van der Waals surface area contributed by atoms with E-state index in [1.54, 1.807) is 28.4 Å². The van der Waals surface area contributed by atoms with Crippen LogP contribution < -0.4 is 5.32 Å². The van der Waals surface area contributed by atoms with Gasteiger partial charge < -0.3 is 14.6 Å². The zero-order chi connectivity index (χ0) is 18.5. The van der Waals surface area contributed by atoms with Crippen molar-refractivity contribution >= 4 is 45.9 Å². The van der Waals surface area contributed by atoms with Crippen molar-refractivity contribution in [2.75, 3.05) is 18.4 Å². The zero-order valence-corrected chi connectivity index (χ0v) is 15.5. The minimum atomic E-state index is -0.307. The molecule has 2 heterocycles. The number of hydrogen-bond donors (Lipinski definition) is 1. The molecule has 0 bridgehead atoms. The van der Waals surface area contributed by atoms with E-state index in [9.17, 15) is 9.59 Å². The van der Waals surface area contributed by atoms with Crippen molar-refractivity contribution in [1.29, 1.82) is 0 Å². The molecule has 0 aliphatic carbocycles. The molecule has 0 aliphatic heterocycles. The minimum absolute atomic E-state index is 0.160. The highest BCUT2D eigenvalue weighted by Gasteiger charge is 2.24. The van der Waals surface area contributed by atoms with Crippen LogP contribution in [0.5, 0.6) is 0 Å². The molecule has 0 unspecified atom stereocenters. The SMILES string of the molecule is CCN(CC)C(=O)c1oc2ccccc2c1NC(=O)C=Cc1cccs1. The van der Waals surface area contributed by atoms with Crippen LogP contribution in [0.25, 0.3) is 17.0 Å². The number of nitrogens with one attached hydrogen (secondary N) is 1. The third-order valence-corrected chi connectivity index (χ3v) is 4.87. The highest BCUT2D eigenvalue weighted by molar-refractivity contribution is 7.10. The number of para-hydroxylation sites is 1. The molecule has 3 rings (SSSR count). The molecule has 0 radical (unpaired) electrons. The number of carbonyl (C=O) groups is 2. The van der Waals surface area contributed by atoms with Gasteiger partial charge in [-0.1, -0.05) is 18.2 Å². The molecule has 26 heavy (non-hydrogen) atoms. The van der Waals surface area contributed by atoms with E-state index in [1.807, 2.05) is 49.6 Å². The Labute approximate surface area is 155 Å². The van der Waals surface area contributed by atoms with Gasteiger partial charge in [0.25, 0.3) is 5.91 Å². The maximum atomic E-state index is 12.8. The number of nitrogens with zero attached hydrogens (tertiary/aromatic N) is 1. The first-order valence-corrected chi connectivity index (χ1v) is 9.35. The highest BCUT2D eigenvalue weighted by Crippen LogP contribution is 2.32. The lowest BCUT2D eigenvalue weighted by Gasteiger charge is -2.17. The van der Waals surface area contributed by atoms with Crippen LogP contribution in [0.4, 0.5) is 5.69 Å². The molecule has 0 fully saturated rings. The molecule has 1 N–H and O–H groups in total. The van der Waals surface area contributed by atoms with Gasteiger partial charge in [-0.05, 0) is 43.5 Å². The summed E-state index contributed by atoms with van der Waals surface area (Å²) in [6.07, 6.45) is 3.20. The Kier molecular flexibility index (Phi) is 5.53. The number of furan rings is 1. The van der Waals surface area contributed by atoms with Crippen LogP contribution in [-0.2, 0) is 4.79 Å². The van der Waals surface area contributed by atoms with E-state index in [2.05, 4.69) is 5.32 Å². The monoisotopic (exact) mass is 368 g/mol. The minimum Gasteiger partial charge on any atom is -0.449 e. The van der Waals surface area contributed by atoms with Gasteiger partial charge in [-0.15, -0.1) is 11.3 Å². The van der Waals surface area contributed by atoms with E-state index in [0.29, 0.717) is 29.7 Å². The van der Waals surface area contributed by atoms with E-state index < -0.39 is 0 Å². The average molecular weight is 368 g/mol. The lowest BCUT2D eigenvalue weighted by atomic mass is 10.2. The van der Waals surface area contributed by atoms with Gasteiger partial charge in [0.2, 0.25) is 11.7 Å². The standard InChI is InChI=1S/C20H20N2O3S/c1-3-22(4-2)20(24)19-18(15-9-5-6-10-16(15)25-19)21-17(23)12-11-14-8-7-13-26-14/h5-13H,3-4H2,1-2H3,(H,21,23). The molecule has 3 aromatic rings. The molecule has 0 saturated heterocycles. The summed E-state index contributed by atoms with van der Waals surface area (Å²) in [5, 5.41) is 5.47. The van der Waals surface area contributed by atoms with E-state index in [4.69, 9.17) is 4.42 Å². The fraction of sp³-hybridized carbons (Fsp3) is 0.200. The molecule has 2 amide bonds. The van der Waals surface area contributed by atoms with Gasteiger partial charge in [0.05, 0.1) is 0 Å². The number of carbonyl (C=O) groups excluding carboxylic acids is 2. The number of hydrogen-bond acceptors (Lipinski definition) is 4. The number of thiophene rings is 1. The van der Waals surface area contributed by atoms with Crippen LogP contribution in [-0.4, -0.2) is 29.8 Å². The first-order chi connectivity index (χ1) is 12.6. The number of benzene rings is 1. The Morgan fingerprint density at radius 2 is 1.92 bits per heavy atom. The molecule has 5 nitrogen and oxygen atoms in total. The Balaban J connectivity index is 1.94. The smallest absolute Gasteiger partial charge is 0.291 e. The summed E-state index contributed by atoms with van der Waals surface area (Å²) in [6, 6.07) is 11.1. The Bertz CT molecular complexity index is 937. The first-order valence-electron chi connectivity index (χ1n) is 8.47. The number of anilines is 1. The topological polar surface area (TPSA) is 62.6 Å². The third-order valence-electron chi connectivity index (χ3n) is 4.03. The quantitative estimate of drug-likeness (QED) is 0.645. The summed E-state index contributed by atoms with van der Waals surface area (Å²) < 4.78 is 5.77. The second kappa shape index (κ2) is 8.01. The van der Waals surface area contributed by atoms with Gasteiger partial charge in [-0.3, -0.25) is 9.59 Å². The van der Waals surface area contributed by atoms with Crippen LogP contribution in [0.1, 0.15) is 29.3 Å². The second-order valence-corrected chi connectivity index (χ2v) is 6.60. The molecule has 0 atom stereocenters. The largest absolute Gasteiger partial charge is 0.449 e. The molecule has 2 aromatic heterocycles. The Hall–Kier alpha value is -2.86. The molecule has 1 aromatic carbocycles. The normalized spacial score (nSPS) is 11.2. The summed E-state index contributed by atoms with van der Waals surface area (Å²) in [7, 11) is 0. The van der Waals surface area contributed by atoms with Gasteiger partial charge in [0, 0.05) is 29.4 Å². The summed E-state index contributed by atoms with van der Waals surface area (Å²) in [4.78, 5) is 27.8. The maximum Gasteiger partial charge on any atom is 0.291 e. The second-order valence-electron chi connectivity index (χ2n) is 5.62. The predicted octanol–water partition coefficient (Wildman–Crippen LogP) is 4.63. The Morgan fingerprint density at radius 1 is 1.15 bits per heavy atom. The number of rotatable bonds is 6. The maximum absolute atomic E-state index is 12.8. The molecular weight excluding hydrogens is 348 g/mol. The molecule has 0 aliphatic rings. The van der Waals surface area contributed by atoms with Crippen LogP contribution in [0, 0.1) is 0 Å². The third kappa shape index (κ3) is 3.70. The lowest BCUT2D eigenvalue weighted by molar-refractivity contribution is -0.111. The molecule has 0 spiro atoms. The van der Waals surface area contributed by atoms with Crippen molar-refractivity contribution in [3.8, 4) is 0 Å². The van der Waals surface area contributed by atoms with Crippen LogP contribution >= 0.6 is 11.3 Å². The predicted molar refractivity (Wildman–Crippen MR) is 105 cm³/mol. The van der Waals surface area contributed by atoms with E-state index in [-0.39, 0.29) is 17.6 Å². The molecule has 134 valence electrons. The van der Waals surface area contributed by atoms with Crippen molar-refractivity contribution in [3.63, 3.8) is 0 Å². The molecule has 6 heteroatoms. The fourth-order valence-electron chi connectivity index (χ4n) is 2.68. The first kappa shape index (κ1) is 17.9. The van der Waals surface area contributed by atoms with Crippen molar-refractivity contribution in [2.24, 2.45) is 0 Å². The van der Waals surface area contributed by atoms with Crippen molar-refractivity contribution < 1.29 is 14.0 Å². The summed E-state index contributed by atoms with van der Waals surface area (Å²) in [5.41, 5.74) is 0.985. The van der Waals surface area contributed by atoms with Gasteiger partial charge in [-0.25, -0.2) is 0 Å². The van der Waals surface area contributed by atoms with Gasteiger partial charge in [0.15, 0.2) is 0 Å². The fourth-order valence-corrected chi connectivity index (χ4v) is 3.30. The average Bonchev–Trinajstić information content (AvgIpc) is 3.29. The number of fused-ring (bicyclic) bond motifs is 1. The highest BCUT2D eigenvalue weighted by atomic mass is 32.1. The van der Waals surface area contributed by atoms with Crippen molar-refractivity contribution in [3.05, 3.63) is 58.5 Å². The van der Waals surface area contributed by atoms with E-state index in [0.717, 1.165) is 4.88 Å². The van der Waals surface area contributed by atoms with Crippen LogP contribution in [0.2, 0.25) is 0 Å². The lowest BCUT2D eigenvalue weighted by Crippen LogP contribution is -2.30. The summed E-state index contributed by atoms with van der Waals surface area (Å²) >= 11 is 1.55. The molecule has 0 saturated carbocycles. The zero-order valence-electron chi connectivity index (χ0n) is 14.7. The summed E-state index contributed by atoms with van der Waals surface area (Å²) in [5.74, 6) is -0.380. The van der Waals surface area contributed by atoms with Gasteiger partial charge in [-0.2, -0.15) is 0 Å². The van der Waals surface area contributed by atoms with E-state index in [1.165, 1.54) is 6.08 Å². The molecular formula is C20H20N2O3S. The van der Waals surface area contributed by atoms with Gasteiger partial charge >= 0.3 is 0 Å².